The van der Waals surface area contributed by atoms with E-state index in [2.05, 4.69) is 55.2 Å². The summed E-state index contributed by atoms with van der Waals surface area (Å²) in [6, 6.07) is 4.63. The van der Waals surface area contributed by atoms with E-state index in [1.165, 1.54) is 4.88 Å². The second-order valence-electron chi connectivity index (χ2n) is 3.94. The molecule has 0 bridgehead atoms. The number of aromatic nitrogens is 2. The minimum Gasteiger partial charge on any atom is -0.341 e. The Bertz CT molecular complexity index is 455. The first-order chi connectivity index (χ1) is 8.16. The summed E-state index contributed by atoms with van der Waals surface area (Å²) >= 11 is 5.13. The average Bonchev–Trinajstić information content (AvgIpc) is 2.82. The molecule has 2 rings (SSSR count). The van der Waals surface area contributed by atoms with Gasteiger partial charge in [0.05, 0.1) is 4.47 Å². The highest BCUT2D eigenvalue weighted by Gasteiger charge is 2.13. The number of nitrogens with zero attached hydrogens (tertiary/aromatic N) is 3. The largest absolute Gasteiger partial charge is 0.341 e. The third-order valence-corrected chi connectivity index (χ3v) is 3.97. The molecule has 5 heteroatoms. The van der Waals surface area contributed by atoms with Crippen molar-refractivity contribution in [1.82, 2.24) is 9.97 Å². The van der Waals surface area contributed by atoms with Crippen LogP contribution >= 0.6 is 27.3 Å². The molecule has 0 amide bonds. The number of rotatable bonds is 4. The minimum absolute atomic E-state index is 0.384. The summed E-state index contributed by atoms with van der Waals surface area (Å²) in [7, 11) is 2.03. The number of halogens is 1. The molecule has 0 fully saturated rings. The van der Waals surface area contributed by atoms with Crippen molar-refractivity contribution >= 4 is 33.2 Å². The monoisotopic (exact) mass is 311 g/mol. The highest BCUT2D eigenvalue weighted by atomic mass is 79.9. The van der Waals surface area contributed by atoms with Crippen LogP contribution in [0.25, 0.3) is 0 Å². The van der Waals surface area contributed by atoms with Crippen molar-refractivity contribution in [2.75, 3.05) is 11.9 Å². The molecule has 0 radical (unpaired) electrons. The molecule has 0 aliphatic heterocycles. The smallest absolute Gasteiger partial charge is 0.225 e. The van der Waals surface area contributed by atoms with Crippen molar-refractivity contribution in [1.29, 1.82) is 0 Å². The second kappa shape index (κ2) is 5.60. The molecular weight excluding hydrogens is 298 g/mol. The molecule has 90 valence electrons. The lowest BCUT2D eigenvalue weighted by Gasteiger charge is -2.24. The van der Waals surface area contributed by atoms with Crippen LogP contribution in [0.5, 0.6) is 0 Å². The van der Waals surface area contributed by atoms with E-state index >= 15 is 0 Å². The Hall–Kier alpha value is -0.940. The van der Waals surface area contributed by atoms with E-state index in [4.69, 9.17) is 0 Å². The lowest BCUT2D eigenvalue weighted by Crippen LogP contribution is -2.31. The first kappa shape index (κ1) is 12.5. The zero-order chi connectivity index (χ0) is 12.3. The molecule has 17 heavy (non-hydrogen) atoms. The van der Waals surface area contributed by atoms with Gasteiger partial charge >= 0.3 is 0 Å². The zero-order valence-corrected chi connectivity index (χ0v) is 12.2. The van der Waals surface area contributed by atoms with Crippen LogP contribution in [-0.4, -0.2) is 23.1 Å². The Kier molecular flexibility index (Phi) is 4.12. The van der Waals surface area contributed by atoms with E-state index in [0.29, 0.717) is 6.04 Å². The average molecular weight is 312 g/mol. The van der Waals surface area contributed by atoms with E-state index in [0.717, 1.165) is 16.8 Å². The van der Waals surface area contributed by atoms with Crippen molar-refractivity contribution in [2.24, 2.45) is 0 Å². The molecule has 0 N–H and O–H groups in total. The quantitative estimate of drug-likeness (QED) is 0.867. The van der Waals surface area contributed by atoms with Gasteiger partial charge in [-0.2, -0.15) is 0 Å². The maximum Gasteiger partial charge on any atom is 0.225 e. The number of anilines is 1. The fourth-order valence-corrected chi connectivity index (χ4v) is 2.57. The van der Waals surface area contributed by atoms with Crippen molar-refractivity contribution in [3.05, 3.63) is 39.3 Å². The molecule has 2 heterocycles. The van der Waals surface area contributed by atoms with Crippen LogP contribution in [0.4, 0.5) is 5.95 Å². The SMILES string of the molecule is CC(Cc1cccs1)N(C)c1ncc(Br)cn1. The Balaban J connectivity index is 2.04. The molecule has 0 saturated heterocycles. The highest BCUT2D eigenvalue weighted by molar-refractivity contribution is 9.10. The van der Waals surface area contributed by atoms with Crippen molar-refractivity contribution < 1.29 is 0 Å². The summed E-state index contributed by atoms with van der Waals surface area (Å²) in [4.78, 5) is 12.1. The van der Waals surface area contributed by atoms with E-state index in [-0.39, 0.29) is 0 Å². The summed E-state index contributed by atoms with van der Waals surface area (Å²) in [6.45, 7) is 2.19. The molecule has 3 nitrogen and oxygen atoms in total. The Labute approximate surface area is 114 Å². The number of thiophene rings is 1. The molecule has 0 aliphatic rings. The zero-order valence-electron chi connectivity index (χ0n) is 9.80. The maximum atomic E-state index is 4.30. The van der Waals surface area contributed by atoms with Crippen LogP contribution in [0.1, 0.15) is 11.8 Å². The predicted molar refractivity (Wildman–Crippen MR) is 75.6 cm³/mol. The molecule has 0 aromatic carbocycles. The molecule has 1 atom stereocenters. The standard InChI is InChI=1S/C12H14BrN3S/c1-9(6-11-4-3-5-17-11)16(2)12-14-7-10(13)8-15-12/h3-5,7-9H,6H2,1-2H3. The van der Waals surface area contributed by atoms with Gasteiger partial charge in [-0.15, -0.1) is 11.3 Å². The first-order valence-electron chi connectivity index (χ1n) is 5.39. The second-order valence-corrected chi connectivity index (χ2v) is 5.89. The Morgan fingerprint density at radius 3 is 2.71 bits per heavy atom. The molecule has 1 unspecified atom stereocenters. The van der Waals surface area contributed by atoms with E-state index < -0.39 is 0 Å². The fourth-order valence-electron chi connectivity index (χ4n) is 1.54. The van der Waals surface area contributed by atoms with Gasteiger partial charge in [0.25, 0.3) is 0 Å². The molecule has 2 aromatic rings. The normalized spacial score (nSPS) is 12.4. The summed E-state index contributed by atoms with van der Waals surface area (Å²) in [5.74, 6) is 0.761. The molecule has 2 aromatic heterocycles. The summed E-state index contributed by atoms with van der Waals surface area (Å²) in [5, 5.41) is 2.11. The molecule has 0 saturated carbocycles. The molecular formula is C12H14BrN3S. The first-order valence-corrected chi connectivity index (χ1v) is 7.07. The topological polar surface area (TPSA) is 29.0 Å². The highest BCUT2D eigenvalue weighted by Crippen LogP contribution is 2.17. The lowest BCUT2D eigenvalue weighted by molar-refractivity contribution is 0.670. The maximum absolute atomic E-state index is 4.30. The van der Waals surface area contributed by atoms with Gasteiger partial charge in [-0.1, -0.05) is 6.07 Å². The van der Waals surface area contributed by atoms with Gasteiger partial charge in [0.2, 0.25) is 5.95 Å². The van der Waals surface area contributed by atoms with Crippen LogP contribution in [-0.2, 0) is 6.42 Å². The van der Waals surface area contributed by atoms with Gasteiger partial charge < -0.3 is 4.90 Å². The van der Waals surface area contributed by atoms with Gasteiger partial charge in [-0.3, -0.25) is 0 Å². The van der Waals surface area contributed by atoms with Crippen molar-refractivity contribution in [2.45, 2.75) is 19.4 Å². The number of likely N-dealkylation sites (N-methyl/N-ethyl adjacent to an activating group) is 1. The third kappa shape index (κ3) is 3.26. The molecule has 0 spiro atoms. The van der Waals surface area contributed by atoms with E-state index in [1.54, 1.807) is 23.7 Å². The van der Waals surface area contributed by atoms with Gasteiger partial charge in [0, 0.05) is 36.8 Å². The molecule has 0 aliphatic carbocycles. The van der Waals surface area contributed by atoms with Gasteiger partial charge in [0.1, 0.15) is 0 Å². The third-order valence-electron chi connectivity index (χ3n) is 2.66. The Morgan fingerprint density at radius 1 is 1.41 bits per heavy atom. The summed E-state index contributed by atoms with van der Waals surface area (Å²) in [6.07, 6.45) is 4.57. The Morgan fingerprint density at radius 2 is 2.12 bits per heavy atom. The van der Waals surface area contributed by atoms with Crippen molar-refractivity contribution in [3.63, 3.8) is 0 Å². The lowest BCUT2D eigenvalue weighted by atomic mass is 10.2. The van der Waals surface area contributed by atoms with Gasteiger partial charge in [-0.05, 0) is 34.3 Å². The van der Waals surface area contributed by atoms with E-state index in [1.807, 2.05) is 7.05 Å². The van der Waals surface area contributed by atoms with Crippen molar-refractivity contribution in [3.8, 4) is 0 Å². The van der Waals surface area contributed by atoms with Crippen LogP contribution in [0.3, 0.4) is 0 Å². The summed E-state index contributed by atoms with van der Waals surface area (Å²) < 4.78 is 0.903. The van der Waals surface area contributed by atoms with Crippen LogP contribution in [0, 0.1) is 0 Å². The number of hydrogen-bond acceptors (Lipinski definition) is 4. The predicted octanol–water partition coefficient (Wildman–Crippen LogP) is 3.37. The van der Waals surface area contributed by atoms with E-state index in [9.17, 15) is 0 Å². The number of hydrogen-bond donors (Lipinski definition) is 0. The van der Waals surface area contributed by atoms with Crippen LogP contribution < -0.4 is 4.90 Å². The van der Waals surface area contributed by atoms with Gasteiger partial charge in [-0.25, -0.2) is 9.97 Å². The summed E-state index contributed by atoms with van der Waals surface area (Å²) in [5.41, 5.74) is 0. The van der Waals surface area contributed by atoms with Gasteiger partial charge in [0.15, 0.2) is 0 Å². The fraction of sp³-hybridized carbons (Fsp3) is 0.333. The minimum atomic E-state index is 0.384. The van der Waals surface area contributed by atoms with Crippen LogP contribution in [0.15, 0.2) is 34.4 Å². The van der Waals surface area contributed by atoms with Crippen LogP contribution in [0.2, 0.25) is 0 Å².